The first-order valence-electron chi connectivity index (χ1n) is 16.6. The Balaban J connectivity index is 1.23. The monoisotopic (exact) mass is 592 g/mol. The minimum absolute atomic E-state index is 0.0608. The number of ether oxygens (including phenoxy) is 3. The number of carbonyl (C=O) groups is 1. The Kier molecular flexibility index (Phi) is 9.55. The maximum Gasteiger partial charge on any atom is 0.303 e. The Morgan fingerprint density at radius 1 is 1.12 bits per heavy atom. The van der Waals surface area contributed by atoms with Gasteiger partial charge >= 0.3 is 5.97 Å². The zero-order valence-electron chi connectivity index (χ0n) is 26.5. The number of aliphatic hydroxyl groups excluding tert-OH is 4. The van der Waals surface area contributed by atoms with Gasteiger partial charge in [0.05, 0.1) is 19.3 Å². The van der Waals surface area contributed by atoms with Gasteiger partial charge in [-0.25, -0.2) is 0 Å². The summed E-state index contributed by atoms with van der Waals surface area (Å²) in [4.78, 5) is 11.5. The predicted octanol–water partition coefficient (Wildman–Crippen LogP) is 4.51. The van der Waals surface area contributed by atoms with Crippen LogP contribution in [0.4, 0.5) is 0 Å². The van der Waals surface area contributed by atoms with E-state index in [1.807, 2.05) is 13.8 Å². The van der Waals surface area contributed by atoms with Crippen molar-refractivity contribution >= 4 is 5.97 Å². The smallest absolute Gasteiger partial charge is 0.303 e. The van der Waals surface area contributed by atoms with Crippen molar-refractivity contribution < 1.29 is 39.4 Å². The zero-order valence-corrected chi connectivity index (χ0v) is 26.5. The van der Waals surface area contributed by atoms with Crippen molar-refractivity contribution in [2.45, 2.75) is 142 Å². The molecule has 8 heteroatoms. The van der Waals surface area contributed by atoms with Gasteiger partial charge in [-0.05, 0) is 113 Å². The van der Waals surface area contributed by atoms with Crippen molar-refractivity contribution in [3.8, 4) is 0 Å². The van der Waals surface area contributed by atoms with Crippen LogP contribution in [0.15, 0.2) is 11.6 Å². The van der Waals surface area contributed by atoms with Crippen LogP contribution in [0.25, 0.3) is 0 Å². The molecule has 0 aromatic carbocycles. The fourth-order valence-corrected chi connectivity index (χ4v) is 10.4. The second-order valence-electron chi connectivity index (χ2n) is 15.4. The minimum Gasteiger partial charge on any atom is -0.460 e. The van der Waals surface area contributed by atoms with Crippen LogP contribution in [0.5, 0.6) is 0 Å². The average Bonchev–Trinajstić information content (AvgIpc) is 3.29. The normalized spacial score (nSPS) is 44.4. The summed E-state index contributed by atoms with van der Waals surface area (Å²) < 4.78 is 17.2. The summed E-state index contributed by atoms with van der Waals surface area (Å²) in [5.41, 5.74) is 1.02. The van der Waals surface area contributed by atoms with E-state index in [-0.39, 0.29) is 30.7 Å². The molecule has 0 spiro atoms. The van der Waals surface area contributed by atoms with Crippen LogP contribution in [0.3, 0.4) is 0 Å². The zero-order chi connectivity index (χ0) is 30.4. The molecule has 0 amide bonds. The highest BCUT2D eigenvalue weighted by molar-refractivity contribution is 5.66. The van der Waals surface area contributed by atoms with Crippen LogP contribution in [0.2, 0.25) is 0 Å². The number of rotatable bonds is 9. The predicted molar refractivity (Wildman–Crippen MR) is 158 cm³/mol. The number of esters is 1. The quantitative estimate of drug-likeness (QED) is 0.228. The maximum atomic E-state index is 11.5. The summed E-state index contributed by atoms with van der Waals surface area (Å²) in [5, 5.41) is 41.2. The highest BCUT2D eigenvalue weighted by Gasteiger charge is 2.60. The molecular formula is C34H56O8. The molecule has 12 atom stereocenters. The lowest BCUT2D eigenvalue weighted by Crippen LogP contribution is -2.56. The molecule has 1 aliphatic heterocycles. The van der Waals surface area contributed by atoms with E-state index in [9.17, 15) is 25.2 Å². The standard InChI is InChI=1S/C34H56O8/c1-20(7-6-14-32(3,4)42-21(2)36)25-10-11-26-24-9-8-22-17-23(41-31-30(39)29(38)28(37)18-40-31)12-16-34(22,19-35)27(24)13-15-33(25,26)5/h8,20,23-31,35,37-39H,6-7,9-19H2,1-5H3/t20?,23-,24?,25?,26?,27?,28+,29?,30?,31-,33+,34+/m0/s1. The lowest BCUT2D eigenvalue weighted by molar-refractivity contribution is -0.285. The van der Waals surface area contributed by atoms with Crippen molar-refractivity contribution in [1.82, 2.24) is 0 Å². The third-order valence-electron chi connectivity index (χ3n) is 12.5. The van der Waals surface area contributed by atoms with E-state index in [1.54, 1.807) is 0 Å². The van der Waals surface area contributed by atoms with E-state index in [4.69, 9.17) is 14.2 Å². The Labute approximate surface area is 252 Å². The maximum absolute atomic E-state index is 11.5. The Hall–Kier alpha value is -1.03. The minimum atomic E-state index is -1.28. The summed E-state index contributed by atoms with van der Waals surface area (Å²) in [6, 6.07) is 0. The van der Waals surface area contributed by atoms with Gasteiger partial charge in [0.15, 0.2) is 6.29 Å². The van der Waals surface area contributed by atoms with Crippen LogP contribution >= 0.6 is 0 Å². The van der Waals surface area contributed by atoms with Crippen LogP contribution in [-0.4, -0.2) is 75.9 Å². The lowest BCUT2D eigenvalue weighted by Gasteiger charge is -2.59. The van der Waals surface area contributed by atoms with Crippen molar-refractivity contribution in [2.24, 2.45) is 40.4 Å². The lowest BCUT2D eigenvalue weighted by atomic mass is 9.46. The largest absolute Gasteiger partial charge is 0.460 e. The van der Waals surface area contributed by atoms with E-state index in [0.717, 1.165) is 44.9 Å². The fourth-order valence-electron chi connectivity index (χ4n) is 10.4. The molecule has 0 aromatic rings. The first-order chi connectivity index (χ1) is 19.8. The number of hydrogen-bond donors (Lipinski definition) is 4. The second-order valence-corrected chi connectivity index (χ2v) is 15.4. The van der Waals surface area contributed by atoms with Gasteiger partial charge in [0.2, 0.25) is 0 Å². The van der Waals surface area contributed by atoms with Gasteiger partial charge in [-0.15, -0.1) is 0 Å². The summed E-state index contributed by atoms with van der Waals surface area (Å²) in [6.07, 6.45) is 9.07. The van der Waals surface area contributed by atoms with Crippen LogP contribution in [0.1, 0.15) is 105 Å². The molecule has 3 saturated carbocycles. The molecule has 5 aliphatic rings. The van der Waals surface area contributed by atoms with Gasteiger partial charge < -0.3 is 34.6 Å². The molecule has 1 heterocycles. The van der Waals surface area contributed by atoms with Crippen LogP contribution < -0.4 is 0 Å². The molecule has 4 N–H and O–H groups in total. The van der Waals surface area contributed by atoms with Gasteiger partial charge in [0.1, 0.15) is 23.9 Å². The van der Waals surface area contributed by atoms with Gasteiger partial charge in [-0.2, -0.15) is 0 Å². The van der Waals surface area contributed by atoms with E-state index in [2.05, 4.69) is 19.9 Å². The summed E-state index contributed by atoms with van der Waals surface area (Å²) in [7, 11) is 0. The summed E-state index contributed by atoms with van der Waals surface area (Å²) in [6.45, 7) is 10.6. The number of fused-ring (bicyclic) bond motifs is 5. The molecule has 1 saturated heterocycles. The van der Waals surface area contributed by atoms with E-state index >= 15 is 0 Å². The van der Waals surface area contributed by atoms with Crippen LogP contribution in [-0.2, 0) is 19.0 Å². The van der Waals surface area contributed by atoms with Crippen LogP contribution in [0, 0.1) is 40.4 Å². The van der Waals surface area contributed by atoms with Gasteiger partial charge in [-0.1, -0.05) is 31.9 Å². The number of allylic oxidation sites excluding steroid dienone is 1. The van der Waals surface area contributed by atoms with Gasteiger partial charge in [-0.3, -0.25) is 4.79 Å². The molecule has 42 heavy (non-hydrogen) atoms. The molecule has 0 aromatic heterocycles. The molecule has 0 bridgehead atoms. The molecule has 5 rings (SSSR count). The fraction of sp³-hybridized carbons (Fsp3) is 0.912. The summed E-state index contributed by atoms with van der Waals surface area (Å²) in [5.74, 6) is 2.88. The molecule has 4 aliphatic carbocycles. The van der Waals surface area contributed by atoms with E-state index < -0.39 is 30.2 Å². The Morgan fingerprint density at radius 3 is 2.60 bits per heavy atom. The molecule has 8 nitrogen and oxygen atoms in total. The first kappa shape index (κ1) is 32.4. The third kappa shape index (κ3) is 5.97. The Morgan fingerprint density at radius 2 is 1.88 bits per heavy atom. The number of carbonyl (C=O) groups excluding carboxylic acids is 1. The Bertz CT molecular complexity index is 996. The third-order valence-corrected chi connectivity index (χ3v) is 12.5. The highest BCUT2D eigenvalue weighted by atomic mass is 16.7. The van der Waals surface area contributed by atoms with E-state index in [1.165, 1.54) is 31.8 Å². The topological polar surface area (TPSA) is 126 Å². The second kappa shape index (κ2) is 12.4. The highest BCUT2D eigenvalue weighted by Crippen LogP contribution is 2.67. The van der Waals surface area contributed by atoms with Crippen molar-refractivity contribution in [2.75, 3.05) is 13.2 Å². The van der Waals surface area contributed by atoms with E-state index in [0.29, 0.717) is 41.4 Å². The van der Waals surface area contributed by atoms with Crippen molar-refractivity contribution in [1.29, 1.82) is 0 Å². The molecule has 240 valence electrons. The van der Waals surface area contributed by atoms with Crippen molar-refractivity contribution in [3.63, 3.8) is 0 Å². The number of hydrogen-bond acceptors (Lipinski definition) is 8. The molecule has 4 fully saturated rings. The SMILES string of the molecule is CC(=O)OC(C)(C)CCCC(C)C1CCC2C3CC=C4C[C@@H](O[C@@H]5OC[C@@H](O)C(O)C5O)CC[C@]4(CO)C3CC[C@]12C. The molecular weight excluding hydrogens is 536 g/mol. The first-order valence-corrected chi connectivity index (χ1v) is 16.6. The van der Waals surface area contributed by atoms with Gasteiger partial charge in [0, 0.05) is 12.3 Å². The van der Waals surface area contributed by atoms with Gasteiger partial charge in [0.25, 0.3) is 0 Å². The summed E-state index contributed by atoms with van der Waals surface area (Å²) >= 11 is 0. The number of aliphatic hydroxyl groups is 4. The van der Waals surface area contributed by atoms with Crippen molar-refractivity contribution in [3.05, 3.63) is 11.6 Å². The average molecular weight is 593 g/mol. The molecule has 0 radical (unpaired) electrons. The molecule has 7 unspecified atom stereocenters.